The molecule has 1 amide bonds. The zero-order chi connectivity index (χ0) is 8.81. The van der Waals surface area contributed by atoms with E-state index in [1.54, 1.807) is 0 Å². The second-order valence-corrected chi connectivity index (χ2v) is 5.45. The molecule has 5 heteroatoms. The van der Waals surface area contributed by atoms with E-state index in [-0.39, 0.29) is 5.91 Å². The van der Waals surface area contributed by atoms with Crippen molar-refractivity contribution in [3.05, 3.63) is 0 Å². The number of thioether (sulfide) groups is 1. The SMILES string of the molecule is O=C(CC1=[S+]CCCS1)NCP. The highest BCUT2D eigenvalue weighted by molar-refractivity contribution is 8.23. The highest BCUT2D eigenvalue weighted by atomic mass is 32.2. The van der Waals surface area contributed by atoms with Crippen LogP contribution in [0.4, 0.5) is 0 Å². The number of nitrogens with one attached hydrogen (secondary N) is 1. The number of carbonyl (C=O) groups is 1. The third-order valence-electron chi connectivity index (χ3n) is 1.42. The van der Waals surface area contributed by atoms with Crippen LogP contribution in [0.2, 0.25) is 0 Å². The minimum absolute atomic E-state index is 0.141. The van der Waals surface area contributed by atoms with Gasteiger partial charge >= 0.3 is 0 Å². The third-order valence-corrected chi connectivity index (χ3v) is 4.25. The molecule has 0 saturated heterocycles. The van der Waals surface area contributed by atoms with Crippen LogP contribution in [-0.2, 0) is 16.1 Å². The van der Waals surface area contributed by atoms with Crippen LogP contribution in [0.25, 0.3) is 0 Å². The molecule has 0 aromatic carbocycles. The summed E-state index contributed by atoms with van der Waals surface area (Å²) in [6.07, 6.45) is 2.51. The van der Waals surface area contributed by atoms with Gasteiger partial charge in [0.25, 0.3) is 0 Å². The molecule has 0 aromatic heterocycles. The monoisotopic (exact) mass is 222 g/mol. The Hall–Kier alpha value is 0.340. The molecule has 68 valence electrons. The molecule has 1 unspecified atom stereocenters. The zero-order valence-electron chi connectivity index (χ0n) is 6.84. The van der Waals surface area contributed by atoms with Gasteiger partial charge in [0.05, 0.1) is 0 Å². The number of amides is 1. The van der Waals surface area contributed by atoms with Crippen LogP contribution >= 0.6 is 21.0 Å². The first-order chi connectivity index (χ1) is 5.83. The minimum Gasteiger partial charge on any atom is -0.352 e. The average molecular weight is 222 g/mol. The molecule has 1 aliphatic heterocycles. The fourth-order valence-corrected chi connectivity index (χ4v) is 3.62. The molecule has 1 atom stereocenters. The molecule has 1 rings (SSSR count). The normalized spacial score (nSPS) is 16.9. The van der Waals surface area contributed by atoms with Crippen molar-refractivity contribution in [2.45, 2.75) is 12.8 Å². The molecule has 0 bridgehead atoms. The topological polar surface area (TPSA) is 29.1 Å². The third kappa shape index (κ3) is 3.83. The summed E-state index contributed by atoms with van der Waals surface area (Å²) >= 11 is 3.66. The zero-order valence-corrected chi connectivity index (χ0v) is 9.63. The Morgan fingerprint density at radius 1 is 1.75 bits per heavy atom. The van der Waals surface area contributed by atoms with Gasteiger partial charge in [-0.05, 0) is 0 Å². The molecular formula is C7H13NOPS2+. The Morgan fingerprint density at radius 2 is 2.58 bits per heavy atom. The van der Waals surface area contributed by atoms with Crippen LogP contribution in [0.1, 0.15) is 12.8 Å². The van der Waals surface area contributed by atoms with Crippen molar-refractivity contribution in [2.24, 2.45) is 0 Å². The first-order valence-corrected chi connectivity index (χ1v) is 6.70. The van der Waals surface area contributed by atoms with Crippen LogP contribution in [0.5, 0.6) is 0 Å². The second-order valence-electron chi connectivity index (χ2n) is 2.40. The van der Waals surface area contributed by atoms with Crippen LogP contribution in [-0.4, -0.2) is 27.9 Å². The van der Waals surface area contributed by atoms with E-state index in [4.69, 9.17) is 0 Å². The van der Waals surface area contributed by atoms with Gasteiger partial charge in [-0.1, -0.05) is 11.8 Å². The van der Waals surface area contributed by atoms with E-state index in [1.165, 1.54) is 22.1 Å². The maximum Gasteiger partial charge on any atom is 0.243 e. The van der Waals surface area contributed by atoms with Crippen LogP contribution in [0.15, 0.2) is 0 Å². The molecule has 0 spiro atoms. The molecule has 0 saturated carbocycles. The molecule has 12 heavy (non-hydrogen) atoms. The van der Waals surface area contributed by atoms with Gasteiger partial charge in [0.1, 0.15) is 6.42 Å². The summed E-state index contributed by atoms with van der Waals surface area (Å²) in [6.45, 7) is 0. The van der Waals surface area contributed by atoms with Crippen LogP contribution in [0, 0.1) is 0 Å². The smallest absolute Gasteiger partial charge is 0.243 e. The van der Waals surface area contributed by atoms with Gasteiger partial charge in [-0.25, -0.2) is 0 Å². The number of rotatable bonds is 3. The van der Waals surface area contributed by atoms with E-state index in [2.05, 4.69) is 14.6 Å². The number of hydrogen-bond donors (Lipinski definition) is 1. The quantitative estimate of drug-likeness (QED) is 0.432. The highest BCUT2D eigenvalue weighted by Crippen LogP contribution is 2.13. The molecule has 0 aromatic rings. The van der Waals surface area contributed by atoms with Gasteiger partial charge in [-0.2, -0.15) is 0 Å². The van der Waals surface area contributed by atoms with Gasteiger partial charge in [0.2, 0.25) is 10.1 Å². The lowest BCUT2D eigenvalue weighted by atomic mass is 10.4. The largest absolute Gasteiger partial charge is 0.352 e. The van der Waals surface area contributed by atoms with Crippen molar-refractivity contribution in [2.75, 3.05) is 17.8 Å². The summed E-state index contributed by atoms with van der Waals surface area (Å²) < 4.78 is 1.28. The summed E-state index contributed by atoms with van der Waals surface area (Å²) in [4.78, 5) is 11.1. The summed E-state index contributed by atoms with van der Waals surface area (Å²) in [7, 11) is 2.49. The standard InChI is InChI=1S/C7H12NOPS2/c9-6(8-5-10)4-7-11-2-1-3-12-7/h1-5,10H2/p+1. The van der Waals surface area contributed by atoms with Crippen molar-refractivity contribution in [1.29, 1.82) is 0 Å². The number of carbonyl (C=O) groups excluding carboxylic acids is 1. The van der Waals surface area contributed by atoms with Crippen molar-refractivity contribution in [3.63, 3.8) is 0 Å². The molecule has 1 aliphatic rings. The summed E-state index contributed by atoms with van der Waals surface area (Å²) in [5.74, 6) is 2.49. The average Bonchev–Trinajstić information content (AvgIpc) is 2.06. The van der Waals surface area contributed by atoms with Crippen LogP contribution in [0.3, 0.4) is 0 Å². The Balaban J connectivity index is 2.29. The first kappa shape index (κ1) is 10.4. The summed E-state index contributed by atoms with van der Waals surface area (Å²) in [5.41, 5.74) is 0. The lowest BCUT2D eigenvalue weighted by Gasteiger charge is -2.01. The fourth-order valence-electron chi connectivity index (χ4n) is 0.882. The lowest BCUT2D eigenvalue weighted by molar-refractivity contribution is -0.119. The molecule has 0 fully saturated rings. The molecule has 2 nitrogen and oxygen atoms in total. The van der Waals surface area contributed by atoms with E-state index < -0.39 is 0 Å². The van der Waals surface area contributed by atoms with Gasteiger partial charge in [0, 0.05) is 18.5 Å². The van der Waals surface area contributed by atoms with Gasteiger partial charge in [-0.15, -0.1) is 9.24 Å². The summed E-state index contributed by atoms with van der Waals surface area (Å²) in [6, 6.07) is 0. The molecule has 0 radical (unpaired) electrons. The van der Waals surface area contributed by atoms with E-state index >= 15 is 0 Å². The van der Waals surface area contributed by atoms with Crippen molar-refractivity contribution >= 4 is 42.5 Å². The first-order valence-electron chi connectivity index (χ1n) is 3.91. The second kappa shape index (κ2) is 5.90. The fraction of sp³-hybridized carbons (Fsp3) is 0.714. The highest BCUT2D eigenvalue weighted by Gasteiger charge is 2.19. The summed E-state index contributed by atoms with van der Waals surface area (Å²) in [5, 5.41) is 2.77. The van der Waals surface area contributed by atoms with Gasteiger partial charge < -0.3 is 5.32 Å². The van der Waals surface area contributed by atoms with E-state index in [9.17, 15) is 4.79 Å². The Labute approximate surface area is 83.4 Å². The lowest BCUT2D eigenvalue weighted by Crippen LogP contribution is -2.24. The van der Waals surface area contributed by atoms with E-state index in [0.29, 0.717) is 12.7 Å². The van der Waals surface area contributed by atoms with Crippen molar-refractivity contribution in [1.82, 2.24) is 5.32 Å². The maximum absolute atomic E-state index is 11.1. The molecule has 0 aliphatic carbocycles. The van der Waals surface area contributed by atoms with Crippen molar-refractivity contribution in [3.8, 4) is 0 Å². The molecular weight excluding hydrogens is 209 g/mol. The molecule has 1 heterocycles. The minimum atomic E-state index is 0.141. The Bertz CT molecular complexity index is 196. The predicted octanol–water partition coefficient (Wildman–Crippen LogP) is 0.675. The van der Waals surface area contributed by atoms with E-state index in [0.717, 1.165) is 0 Å². The Morgan fingerprint density at radius 3 is 3.17 bits per heavy atom. The maximum atomic E-state index is 11.1. The van der Waals surface area contributed by atoms with Crippen LogP contribution < -0.4 is 5.32 Å². The van der Waals surface area contributed by atoms with Crippen molar-refractivity contribution < 1.29 is 4.79 Å². The van der Waals surface area contributed by atoms with E-state index in [1.807, 2.05) is 23.1 Å². The number of hydrogen-bond acceptors (Lipinski definition) is 2. The Kier molecular flexibility index (Phi) is 5.12. The predicted molar refractivity (Wildman–Crippen MR) is 61.7 cm³/mol. The van der Waals surface area contributed by atoms with Gasteiger partial charge in [-0.3, -0.25) is 4.79 Å². The molecule has 1 N–H and O–H groups in total. The van der Waals surface area contributed by atoms with Gasteiger partial charge in [0.15, 0.2) is 17.1 Å².